The van der Waals surface area contributed by atoms with Crippen LogP contribution in [0.1, 0.15) is 92.7 Å². The number of hydrogen-bond donors (Lipinski definition) is 0. The molecule has 3 aromatic rings. The van der Waals surface area contributed by atoms with Crippen LogP contribution in [0.25, 0.3) is 0 Å². The van der Waals surface area contributed by atoms with Crippen molar-refractivity contribution in [1.82, 2.24) is 0 Å². The molecule has 0 unspecified atom stereocenters. The Hall–Kier alpha value is -2.65. The van der Waals surface area contributed by atoms with Gasteiger partial charge in [-0.05, 0) is 78.5 Å². The summed E-state index contributed by atoms with van der Waals surface area (Å²) >= 11 is 5.72. The molecule has 4 heteroatoms. The van der Waals surface area contributed by atoms with E-state index in [-0.39, 0.29) is 10.6 Å². The Bertz CT molecular complexity index is 1010. The molecule has 3 rings (SSSR count). The standard InChI is InChI=1S/C12H18.C9H11Cl.C9H11NO2/c1-8(2)12-10(4)6-9(3)7-11(12)5;1-7(2)8-3-5-9(10)6-4-8;1-7(2)8-3-5-9(6-4-8)10(11)12/h6-8H,1-5H3;3-7H,1-2H3;3-7H,1-2H3. The van der Waals surface area contributed by atoms with Crippen LogP contribution in [0.5, 0.6) is 0 Å². The maximum Gasteiger partial charge on any atom is 0.269 e. The summed E-state index contributed by atoms with van der Waals surface area (Å²) < 4.78 is 0. The summed E-state index contributed by atoms with van der Waals surface area (Å²) in [6, 6.07) is 19.2. The van der Waals surface area contributed by atoms with Crippen molar-refractivity contribution in [2.45, 2.75) is 80.1 Å². The fourth-order valence-corrected chi connectivity index (χ4v) is 4.06. The molecular formula is C30H40ClNO2. The van der Waals surface area contributed by atoms with Crippen molar-refractivity contribution in [3.8, 4) is 0 Å². The summed E-state index contributed by atoms with van der Waals surface area (Å²) in [4.78, 5) is 9.90. The summed E-state index contributed by atoms with van der Waals surface area (Å²) in [7, 11) is 0. The first-order valence-corrected chi connectivity index (χ1v) is 12.3. The highest BCUT2D eigenvalue weighted by Gasteiger charge is 2.07. The van der Waals surface area contributed by atoms with E-state index in [2.05, 4.69) is 86.6 Å². The van der Waals surface area contributed by atoms with Crippen LogP contribution < -0.4 is 0 Å². The Balaban J connectivity index is 0.000000256. The molecule has 0 heterocycles. The lowest BCUT2D eigenvalue weighted by Crippen LogP contribution is -1.96. The predicted molar refractivity (Wildman–Crippen MR) is 147 cm³/mol. The Kier molecular flexibility index (Phi) is 12.0. The van der Waals surface area contributed by atoms with Gasteiger partial charge in [0, 0.05) is 17.2 Å². The van der Waals surface area contributed by atoms with Crippen LogP contribution in [-0.4, -0.2) is 4.92 Å². The molecule has 0 aliphatic heterocycles. The number of halogens is 1. The van der Waals surface area contributed by atoms with E-state index in [1.165, 1.54) is 39.9 Å². The lowest BCUT2D eigenvalue weighted by Gasteiger charge is -2.14. The van der Waals surface area contributed by atoms with Crippen molar-refractivity contribution in [3.05, 3.63) is 109 Å². The second-order valence-electron chi connectivity index (χ2n) is 9.68. The van der Waals surface area contributed by atoms with Crippen LogP contribution in [-0.2, 0) is 0 Å². The smallest absolute Gasteiger partial charge is 0.258 e. The molecule has 0 aromatic heterocycles. The Morgan fingerprint density at radius 3 is 1.38 bits per heavy atom. The molecule has 3 aromatic carbocycles. The third-order valence-corrected chi connectivity index (χ3v) is 5.87. The maximum absolute atomic E-state index is 10.3. The second-order valence-corrected chi connectivity index (χ2v) is 10.1. The van der Waals surface area contributed by atoms with Crippen molar-refractivity contribution in [1.29, 1.82) is 0 Å². The number of hydrogen-bond acceptors (Lipinski definition) is 2. The third-order valence-electron chi connectivity index (χ3n) is 5.62. The predicted octanol–water partition coefficient (Wildman–Crippen LogP) is 9.92. The van der Waals surface area contributed by atoms with Gasteiger partial charge in [0.2, 0.25) is 0 Å². The lowest BCUT2D eigenvalue weighted by atomic mass is 9.92. The van der Waals surface area contributed by atoms with E-state index in [1.807, 2.05) is 12.1 Å². The largest absolute Gasteiger partial charge is 0.269 e. The minimum atomic E-state index is -0.385. The van der Waals surface area contributed by atoms with Crippen LogP contribution in [0, 0.1) is 30.9 Å². The minimum absolute atomic E-state index is 0.152. The molecule has 34 heavy (non-hydrogen) atoms. The highest BCUT2D eigenvalue weighted by molar-refractivity contribution is 6.30. The first-order valence-electron chi connectivity index (χ1n) is 11.9. The van der Waals surface area contributed by atoms with E-state index < -0.39 is 0 Å². The molecule has 0 aliphatic carbocycles. The fourth-order valence-electron chi connectivity index (χ4n) is 3.93. The second kappa shape index (κ2) is 13.9. The molecule has 0 atom stereocenters. The molecule has 0 spiro atoms. The van der Waals surface area contributed by atoms with Gasteiger partial charge in [-0.1, -0.05) is 95.1 Å². The molecule has 0 fully saturated rings. The molecule has 0 saturated carbocycles. The quantitative estimate of drug-likeness (QED) is 0.274. The van der Waals surface area contributed by atoms with Gasteiger partial charge in [-0.25, -0.2) is 0 Å². The van der Waals surface area contributed by atoms with E-state index in [9.17, 15) is 10.1 Å². The van der Waals surface area contributed by atoms with Crippen LogP contribution in [0.15, 0.2) is 60.7 Å². The molecule has 0 aliphatic rings. The normalized spacial score (nSPS) is 10.5. The van der Waals surface area contributed by atoms with Gasteiger partial charge in [-0.2, -0.15) is 0 Å². The SMILES string of the molecule is CC(C)c1ccc(Cl)cc1.CC(C)c1ccc([N+](=O)[O-])cc1.Cc1cc(C)c(C(C)C)c(C)c1. The average Bonchev–Trinajstić information content (AvgIpc) is 2.74. The van der Waals surface area contributed by atoms with Crippen LogP contribution in [0.3, 0.4) is 0 Å². The number of nitrogens with zero attached hydrogens (tertiary/aromatic N) is 1. The highest BCUT2D eigenvalue weighted by atomic mass is 35.5. The van der Waals surface area contributed by atoms with Crippen LogP contribution >= 0.6 is 11.6 Å². The van der Waals surface area contributed by atoms with Gasteiger partial charge in [0.15, 0.2) is 0 Å². The summed E-state index contributed by atoms with van der Waals surface area (Å²) in [5.74, 6) is 1.66. The van der Waals surface area contributed by atoms with Crippen molar-refractivity contribution in [2.75, 3.05) is 0 Å². The van der Waals surface area contributed by atoms with Gasteiger partial charge < -0.3 is 0 Å². The average molecular weight is 482 g/mol. The van der Waals surface area contributed by atoms with E-state index in [0.29, 0.717) is 17.8 Å². The molecule has 0 radical (unpaired) electrons. The van der Waals surface area contributed by atoms with Crippen molar-refractivity contribution in [3.63, 3.8) is 0 Å². The summed E-state index contributed by atoms with van der Waals surface area (Å²) in [5, 5.41) is 11.1. The van der Waals surface area contributed by atoms with Gasteiger partial charge in [0.05, 0.1) is 4.92 Å². The zero-order valence-electron chi connectivity index (χ0n) is 22.1. The van der Waals surface area contributed by atoms with Gasteiger partial charge in [-0.3, -0.25) is 10.1 Å². The number of benzene rings is 3. The number of nitro benzene ring substituents is 1. The Morgan fingerprint density at radius 2 is 1.06 bits per heavy atom. The van der Waals surface area contributed by atoms with Gasteiger partial charge >= 0.3 is 0 Å². The van der Waals surface area contributed by atoms with Crippen LogP contribution in [0.4, 0.5) is 5.69 Å². The van der Waals surface area contributed by atoms with E-state index in [1.54, 1.807) is 12.1 Å². The first kappa shape index (κ1) is 29.4. The maximum atomic E-state index is 10.3. The lowest BCUT2D eigenvalue weighted by molar-refractivity contribution is -0.384. The Morgan fingerprint density at radius 1 is 0.676 bits per heavy atom. The molecule has 0 saturated heterocycles. The van der Waals surface area contributed by atoms with Crippen molar-refractivity contribution >= 4 is 17.3 Å². The Labute approximate surface area is 211 Å². The third kappa shape index (κ3) is 9.69. The number of nitro groups is 1. The van der Waals surface area contributed by atoms with Crippen molar-refractivity contribution < 1.29 is 4.92 Å². The van der Waals surface area contributed by atoms with E-state index in [0.717, 1.165) is 10.6 Å². The summed E-state index contributed by atoms with van der Waals surface area (Å²) in [6.07, 6.45) is 0. The molecular weight excluding hydrogens is 442 g/mol. The fraction of sp³-hybridized carbons (Fsp3) is 0.400. The monoisotopic (exact) mass is 481 g/mol. The van der Waals surface area contributed by atoms with Crippen molar-refractivity contribution in [2.24, 2.45) is 0 Å². The zero-order valence-corrected chi connectivity index (χ0v) is 22.9. The number of non-ortho nitro benzene ring substituents is 1. The molecule has 0 N–H and O–H groups in total. The zero-order chi connectivity index (χ0) is 26.0. The van der Waals surface area contributed by atoms with E-state index >= 15 is 0 Å². The first-order chi connectivity index (χ1) is 15.8. The highest BCUT2D eigenvalue weighted by Crippen LogP contribution is 2.24. The van der Waals surface area contributed by atoms with Crippen LogP contribution in [0.2, 0.25) is 5.02 Å². The molecule has 0 bridgehead atoms. The number of rotatable bonds is 4. The minimum Gasteiger partial charge on any atom is -0.258 e. The van der Waals surface area contributed by atoms with Gasteiger partial charge in [0.25, 0.3) is 5.69 Å². The van der Waals surface area contributed by atoms with E-state index in [4.69, 9.17) is 11.6 Å². The topological polar surface area (TPSA) is 43.1 Å². The summed E-state index contributed by atoms with van der Waals surface area (Å²) in [5.41, 5.74) is 8.37. The number of aryl methyl sites for hydroxylation is 3. The van der Waals surface area contributed by atoms with Gasteiger partial charge in [-0.15, -0.1) is 0 Å². The molecule has 3 nitrogen and oxygen atoms in total. The molecule has 184 valence electrons. The molecule has 0 amide bonds. The van der Waals surface area contributed by atoms with Gasteiger partial charge in [0.1, 0.15) is 0 Å². The summed E-state index contributed by atoms with van der Waals surface area (Å²) in [6.45, 7) is 19.5.